The number of hydrogen-bond acceptors (Lipinski definition) is 4. The first-order valence-electron chi connectivity index (χ1n) is 10.8. The maximum atomic E-state index is 14.2. The lowest BCUT2D eigenvalue weighted by molar-refractivity contribution is 0.0503. The van der Waals surface area contributed by atoms with Gasteiger partial charge < -0.3 is 15.0 Å². The molecule has 1 fully saturated rings. The van der Waals surface area contributed by atoms with Crippen LogP contribution in [0.15, 0.2) is 54.7 Å². The monoisotopic (exact) mass is 435 g/mol. The van der Waals surface area contributed by atoms with Gasteiger partial charge in [-0.05, 0) is 43.0 Å². The first kappa shape index (κ1) is 21.7. The number of piperidine rings is 1. The third kappa shape index (κ3) is 4.15. The molecular formula is C25H26FN3O3. The highest BCUT2D eigenvalue weighted by Gasteiger charge is 2.34. The van der Waals surface area contributed by atoms with Gasteiger partial charge in [0.1, 0.15) is 0 Å². The molecule has 0 aliphatic carbocycles. The van der Waals surface area contributed by atoms with E-state index in [-0.39, 0.29) is 35.1 Å². The van der Waals surface area contributed by atoms with E-state index in [0.29, 0.717) is 24.2 Å². The Balaban J connectivity index is 1.55. The maximum absolute atomic E-state index is 14.2. The molecule has 1 aliphatic rings. The molecule has 6 nitrogen and oxygen atoms in total. The second-order valence-electron chi connectivity index (χ2n) is 8.10. The Morgan fingerprint density at radius 1 is 1.16 bits per heavy atom. The molecule has 0 radical (unpaired) electrons. The van der Waals surface area contributed by atoms with Gasteiger partial charge in [0.25, 0.3) is 11.8 Å². The van der Waals surface area contributed by atoms with Gasteiger partial charge in [-0.1, -0.05) is 31.2 Å². The highest BCUT2D eigenvalue weighted by Crippen LogP contribution is 2.29. The predicted octanol–water partition coefficient (Wildman–Crippen LogP) is 4.05. The normalized spacial score (nSPS) is 18.4. The van der Waals surface area contributed by atoms with Crippen LogP contribution in [0.25, 0.3) is 10.9 Å². The summed E-state index contributed by atoms with van der Waals surface area (Å²) in [6, 6.07) is 13.4. The van der Waals surface area contributed by atoms with E-state index in [9.17, 15) is 14.0 Å². The fraction of sp³-hybridized carbons (Fsp3) is 0.320. The van der Waals surface area contributed by atoms with Crippen LogP contribution < -0.4 is 10.1 Å². The van der Waals surface area contributed by atoms with Crippen LogP contribution in [0.1, 0.15) is 40.5 Å². The number of likely N-dealkylation sites (tertiary alicyclic amines) is 1. The molecule has 2 atom stereocenters. The molecule has 2 amide bonds. The Morgan fingerprint density at radius 3 is 2.72 bits per heavy atom. The van der Waals surface area contributed by atoms with Gasteiger partial charge >= 0.3 is 0 Å². The summed E-state index contributed by atoms with van der Waals surface area (Å²) in [7, 11) is 1.35. The molecule has 3 aromatic rings. The molecule has 0 bridgehead atoms. The Kier molecular flexibility index (Phi) is 6.35. The number of pyridine rings is 1. The molecule has 32 heavy (non-hydrogen) atoms. The van der Waals surface area contributed by atoms with Gasteiger partial charge in [-0.25, -0.2) is 4.39 Å². The van der Waals surface area contributed by atoms with Crippen LogP contribution in [-0.4, -0.2) is 47.9 Å². The summed E-state index contributed by atoms with van der Waals surface area (Å²) in [6.07, 6.45) is 3.46. The van der Waals surface area contributed by atoms with Crippen molar-refractivity contribution >= 4 is 22.7 Å². The molecular weight excluding hydrogens is 409 g/mol. The Morgan fingerprint density at radius 2 is 1.91 bits per heavy atom. The average Bonchev–Trinajstić information content (AvgIpc) is 2.82. The van der Waals surface area contributed by atoms with Gasteiger partial charge in [0.15, 0.2) is 11.6 Å². The molecule has 0 saturated carbocycles. The number of amides is 2. The van der Waals surface area contributed by atoms with E-state index in [4.69, 9.17) is 4.74 Å². The molecule has 1 saturated heterocycles. The molecule has 1 aliphatic heterocycles. The van der Waals surface area contributed by atoms with Gasteiger partial charge in [0.05, 0.1) is 29.8 Å². The minimum Gasteiger partial charge on any atom is -0.493 e. The van der Waals surface area contributed by atoms with E-state index in [2.05, 4.69) is 17.2 Å². The minimum absolute atomic E-state index is 0.0552. The maximum Gasteiger partial charge on any atom is 0.258 e. The number of hydrogen-bond donors (Lipinski definition) is 1. The zero-order valence-electron chi connectivity index (χ0n) is 18.2. The van der Waals surface area contributed by atoms with Gasteiger partial charge in [-0.2, -0.15) is 0 Å². The predicted molar refractivity (Wildman–Crippen MR) is 120 cm³/mol. The van der Waals surface area contributed by atoms with Crippen LogP contribution in [0.2, 0.25) is 0 Å². The van der Waals surface area contributed by atoms with Crippen LogP contribution in [0.3, 0.4) is 0 Å². The molecule has 2 heterocycles. The third-order valence-corrected chi connectivity index (χ3v) is 6.13. The number of nitrogens with one attached hydrogen (secondary N) is 1. The van der Waals surface area contributed by atoms with Crippen LogP contribution >= 0.6 is 0 Å². The Labute approximate surface area is 186 Å². The molecule has 4 rings (SSSR count). The topological polar surface area (TPSA) is 71.5 Å². The second kappa shape index (κ2) is 9.34. The summed E-state index contributed by atoms with van der Waals surface area (Å²) in [4.78, 5) is 32.4. The van der Waals surface area contributed by atoms with E-state index >= 15 is 0 Å². The van der Waals surface area contributed by atoms with Gasteiger partial charge in [0, 0.05) is 24.7 Å². The average molecular weight is 435 g/mol. The van der Waals surface area contributed by atoms with Crippen molar-refractivity contribution in [1.29, 1.82) is 0 Å². The minimum atomic E-state index is -0.572. The summed E-state index contributed by atoms with van der Waals surface area (Å²) >= 11 is 0. The fourth-order valence-electron chi connectivity index (χ4n) is 4.43. The number of ether oxygens (including phenoxy) is 1. The number of para-hydroxylation sites is 2. The van der Waals surface area contributed by atoms with Crippen molar-refractivity contribution in [3.05, 3.63) is 71.7 Å². The number of rotatable bonds is 5. The third-order valence-electron chi connectivity index (χ3n) is 6.13. The SMILES string of the molecule is COc1c(F)cccc1C(=O)N1CCC[C@@H](C)[C@H]1CNC(=O)c1cccc2cccnc12. The highest BCUT2D eigenvalue weighted by molar-refractivity contribution is 6.05. The summed E-state index contributed by atoms with van der Waals surface area (Å²) < 4.78 is 19.3. The quantitative estimate of drug-likeness (QED) is 0.656. The standard InChI is InChI=1S/C25H26FN3O3/c1-16-7-6-14-29(25(31)19-11-4-12-20(26)23(19)32-2)21(16)15-28-24(30)18-10-3-8-17-9-5-13-27-22(17)18/h3-5,8-13,16,21H,6-7,14-15H2,1-2H3,(H,28,30)/t16-,21-/m1/s1. The number of aromatic nitrogens is 1. The lowest BCUT2D eigenvalue weighted by Crippen LogP contribution is -2.53. The van der Waals surface area contributed by atoms with E-state index in [1.54, 1.807) is 23.2 Å². The number of halogens is 1. The zero-order chi connectivity index (χ0) is 22.7. The van der Waals surface area contributed by atoms with Crippen molar-refractivity contribution < 1.29 is 18.7 Å². The lowest BCUT2D eigenvalue weighted by Gasteiger charge is -2.40. The lowest BCUT2D eigenvalue weighted by atomic mass is 9.90. The van der Waals surface area contributed by atoms with E-state index in [1.165, 1.54) is 19.2 Å². The van der Waals surface area contributed by atoms with E-state index in [0.717, 1.165) is 18.2 Å². The van der Waals surface area contributed by atoms with Crippen molar-refractivity contribution in [3.8, 4) is 5.75 Å². The van der Waals surface area contributed by atoms with Crippen LogP contribution in [0, 0.1) is 11.7 Å². The summed E-state index contributed by atoms with van der Waals surface area (Å²) in [5.74, 6) is -0.975. The summed E-state index contributed by atoms with van der Waals surface area (Å²) in [5, 5.41) is 3.88. The van der Waals surface area contributed by atoms with Crippen molar-refractivity contribution in [2.24, 2.45) is 5.92 Å². The fourth-order valence-corrected chi connectivity index (χ4v) is 4.43. The van der Waals surface area contributed by atoms with Gasteiger partial charge in [-0.3, -0.25) is 14.6 Å². The molecule has 1 aromatic heterocycles. The highest BCUT2D eigenvalue weighted by atomic mass is 19.1. The largest absolute Gasteiger partial charge is 0.493 e. The zero-order valence-corrected chi connectivity index (χ0v) is 18.2. The molecule has 0 unspecified atom stereocenters. The van der Waals surface area contributed by atoms with Crippen molar-refractivity contribution in [3.63, 3.8) is 0 Å². The number of benzene rings is 2. The van der Waals surface area contributed by atoms with Crippen LogP contribution in [-0.2, 0) is 0 Å². The van der Waals surface area contributed by atoms with E-state index < -0.39 is 5.82 Å². The smallest absolute Gasteiger partial charge is 0.258 e. The van der Waals surface area contributed by atoms with Crippen LogP contribution in [0.5, 0.6) is 5.75 Å². The summed E-state index contributed by atoms with van der Waals surface area (Å²) in [5.41, 5.74) is 1.33. The van der Waals surface area contributed by atoms with Gasteiger partial charge in [-0.15, -0.1) is 0 Å². The summed E-state index contributed by atoms with van der Waals surface area (Å²) in [6.45, 7) is 2.91. The first-order valence-corrected chi connectivity index (χ1v) is 10.8. The molecule has 0 spiro atoms. The number of nitrogens with zero attached hydrogens (tertiary/aromatic N) is 2. The van der Waals surface area contributed by atoms with Gasteiger partial charge in [0.2, 0.25) is 0 Å². The molecule has 2 aromatic carbocycles. The Bertz CT molecular complexity index is 1140. The number of carbonyl (C=O) groups excluding carboxylic acids is 2. The molecule has 1 N–H and O–H groups in total. The number of fused-ring (bicyclic) bond motifs is 1. The number of carbonyl (C=O) groups is 2. The molecule has 7 heteroatoms. The van der Waals surface area contributed by atoms with Crippen molar-refractivity contribution in [2.75, 3.05) is 20.2 Å². The van der Waals surface area contributed by atoms with E-state index in [1.807, 2.05) is 24.3 Å². The van der Waals surface area contributed by atoms with Crippen molar-refractivity contribution in [2.45, 2.75) is 25.8 Å². The van der Waals surface area contributed by atoms with Crippen LogP contribution in [0.4, 0.5) is 4.39 Å². The number of methoxy groups -OCH3 is 1. The first-order chi connectivity index (χ1) is 15.5. The van der Waals surface area contributed by atoms with Crippen molar-refractivity contribution in [1.82, 2.24) is 15.2 Å². The molecule has 166 valence electrons. The second-order valence-corrected chi connectivity index (χ2v) is 8.10. The Hall–Kier alpha value is -3.48.